The highest BCUT2D eigenvalue weighted by molar-refractivity contribution is 7.98. The maximum absolute atomic E-state index is 14.5. The molecule has 0 aliphatic rings. The summed E-state index contributed by atoms with van der Waals surface area (Å²) in [7, 11) is 0. The number of esters is 1. The van der Waals surface area contributed by atoms with Gasteiger partial charge in [0.15, 0.2) is 5.56 Å². The average Bonchev–Trinajstić information content (AvgIpc) is 2.47. The van der Waals surface area contributed by atoms with Gasteiger partial charge in [-0.2, -0.15) is 0 Å². The minimum atomic E-state index is -0.752. The van der Waals surface area contributed by atoms with Crippen molar-refractivity contribution in [3.05, 3.63) is 45.0 Å². The molecule has 0 unspecified atom stereocenters. The standard InChI is InChI=1S/C18H21FN2O3S/c1-9-7-10(2)13(19)11(8-9)14-20-15(22)12(16(21-14)25-6)17(23)24-18(3,4)5/h7-8H,1-6H3,(H,20,21,22). The fourth-order valence-electron chi connectivity index (χ4n) is 2.36. The van der Waals surface area contributed by atoms with Gasteiger partial charge in [0, 0.05) is 0 Å². The zero-order valence-electron chi connectivity index (χ0n) is 15.1. The monoisotopic (exact) mass is 364 g/mol. The van der Waals surface area contributed by atoms with Crippen molar-refractivity contribution in [3.8, 4) is 11.4 Å². The van der Waals surface area contributed by atoms with E-state index in [0.29, 0.717) is 5.56 Å². The van der Waals surface area contributed by atoms with Crippen LogP contribution in [0.4, 0.5) is 4.39 Å². The molecule has 0 aliphatic carbocycles. The third-order valence-corrected chi connectivity index (χ3v) is 4.02. The van der Waals surface area contributed by atoms with Crippen LogP contribution in [0, 0.1) is 19.7 Å². The van der Waals surface area contributed by atoms with E-state index in [4.69, 9.17) is 4.74 Å². The second kappa shape index (κ2) is 7.00. The number of hydrogen-bond acceptors (Lipinski definition) is 5. The number of aryl methyl sites for hydroxylation is 2. The largest absolute Gasteiger partial charge is 0.456 e. The lowest BCUT2D eigenvalue weighted by molar-refractivity contribution is 0.00625. The molecule has 2 rings (SSSR count). The summed E-state index contributed by atoms with van der Waals surface area (Å²) >= 11 is 1.13. The number of aromatic nitrogens is 2. The molecule has 0 radical (unpaired) electrons. The molecule has 134 valence electrons. The number of carbonyl (C=O) groups excluding carboxylic acids is 1. The Balaban J connectivity index is 2.62. The van der Waals surface area contributed by atoms with E-state index in [9.17, 15) is 14.0 Å². The molecule has 0 saturated heterocycles. The molecule has 0 amide bonds. The summed E-state index contributed by atoms with van der Waals surface area (Å²) in [5.74, 6) is -1.12. The van der Waals surface area contributed by atoms with Crippen molar-refractivity contribution in [1.29, 1.82) is 0 Å². The SMILES string of the molecule is CSc1nc(-c2cc(C)cc(C)c2F)[nH]c(=O)c1C(=O)OC(C)(C)C. The Hall–Kier alpha value is -2.15. The van der Waals surface area contributed by atoms with Crippen molar-refractivity contribution in [3.63, 3.8) is 0 Å². The fourth-order valence-corrected chi connectivity index (χ4v) is 2.92. The van der Waals surface area contributed by atoms with Crippen molar-refractivity contribution in [2.45, 2.75) is 45.2 Å². The zero-order valence-corrected chi connectivity index (χ0v) is 15.9. The third kappa shape index (κ3) is 4.28. The fraction of sp³-hybridized carbons (Fsp3) is 0.389. The minimum absolute atomic E-state index is 0.0889. The maximum atomic E-state index is 14.5. The van der Waals surface area contributed by atoms with E-state index in [1.807, 2.05) is 6.92 Å². The Bertz CT molecular complexity index is 885. The summed E-state index contributed by atoms with van der Waals surface area (Å²) in [6.45, 7) is 8.62. The van der Waals surface area contributed by atoms with Gasteiger partial charge in [-0.25, -0.2) is 14.2 Å². The van der Waals surface area contributed by atoms with Gasteiger partial charge in [0.2, 0.25) is 0 Å². The molecule has 0 aliphatic heterocycles. The Morgan fingerprint density at radius 1 is 1.28 bits per heavy atom. The van der Waals surface area contributed by atoms with E-state index < -0.39 is 22.9 Å². The molecular weight excluding hydrogens is 343 g/mol. The van der Waals surface area contributed by atoms with Crippen LogP contribution >= 0.6 is 11.8 Å². The quantitative estimate of drug-likeness (QED) is 0.508. The van der Waals surface area contributed by atoms with Gasteiger partial charge < -0.3 is 9.72 Å². The van der Waals surface area contributed by atoms with E-state index in [1.165, 1.54) is 0 Å². The number of nitrogens with zero attached hydrogens (tertiary/aromatic N) is 1. The summed E-state index contributed by atoms with van der Waals surface area (Å²) < 4.78 is 19.7. The summed E-state index contributed by atoms with van der Waals surface area (Å²) in [5.41, 5.74) is -0.0609. The van der Waals surface area contributed by atoms with Crippen LogP contribution in [0.15, 0.2) is 22.0 Å². The van der Waals surface area contributed by atoms with Gasteiger partial charge in [-0.3, -0.25) is 4.79 Å². The first-order chi connectivity index (χ1) is 11.5. The first kappa shape index (κ1) is 19.2. The zero-order chi connectivity index (χ0) is 18.9. The smallest absolute Gasteiger partial charge is 0.347 e. The van der Waals surface area contributed by atoms with Crippen LogP contribution in [0.2, 0.25) is 0 Å². The van der Waals surface area contributed by atoms with Crippen LogP contribution in [0.5, 0.6) is 0 Å². The molecular formula is C18H21FN2O3S. The number of hydrogen-bond donors (Lipinski definition) is 1. The lowest BCUT2D eigenvalue weighted by atomic mass is 10.1. The predicted octanol–water partition coefficient (Wildman–Crippen LogP) is 3.87. The molecule has 0 fully saturated rings. The number of rotatable bonds is 3. The van der Waals surface area contributed by atoms with Crippen LogP contribution in [-0.2, 0) is 4.74 Å². The van der Waals surface area contributed by atoms with E-state index in [2.05, 4.69) is 9.97 Å². The summed E-state index contributed by atoms with van der Waals surface area (Å²) in [4.78, 5) is 31.6. The van der Waals surface area contributed by atoms with Gasteiger partial charge in [0.05, 0.1) is 5.56 Å². The second-order valence-corrected chi connectivity index (χ2v) is 7.54. The van der Waals surface area contributed by atoms with E-state index in [0.717, 1.165) is 17.3 Å². The number of carbonyl (C=O) groups is 1. The maximum Gasteiger partial charge on any atom is 0.347 e. The molecule has 25 heavy (non-hydrogen) atoms. The van der Waals surface area contributed by atoms with E-state index in [-0.39, 0.29) is 22.0 Å². The lowest BCUT2D eigenvalue weighted by Gasteiger charge is -2.20. The topological polar surface area (TPSA) is 72.0 Å². The van der Waals surface area contributed by atoms with Crippen molar-refractivity contribution in [1.82, 2.24) is 9.97 Å². The van der Waals surface area contributed by atoms with E-state index in [1.54, 1.807) is 46.1 Å². The Labute approximate surface area is 150 Å². The second-order valence-electron chi connectivity index (χ2n) is 6.74. The minimum Gasteiger partial charge on any atom is -0.456 e. The molecule has 1 N–H and O–H groups in total. The Kier molecular flexibility index (Phi) is 5.37. The molecule has 2 aromatic rings. The summed E-state index contributed by atoms with van der Waals surface area (Å²) in [5, 5.41) is 0.201. The van der Waals surface area contributed by atoms with Gasteiger partial charge in [-0.1, -0.05) is 6.07 Å². The molecule has 1 aromatic heterocycles. The van der Waals surface area contributed by atoms with Crippen LogP contribution in [-0.4, -0.2) is 27.8 Å². The first-order valence-electron chi connectivity index (χ1n) is 7.72. The first-order valence-corrected chi connectivity index (χ1v) is 8.94. The number of thioether (sulfide) groups is 1. The molecule has 0 atom stereocenters. The highest BCUT2D eigenvalue weighted by Crippen LogP contribution is 2.26. The molecule has 1 heterocycles. The highest BCUT2D eigenvalue weighted by atomic mass is 32.2. The van der Waals surface area contributed by atoms with Crippen LogP contribution in [0.3, 0.4) is 0 Å². The average molecular weight is 364 g/mol. The van der Waals surface area contributed by atoms with Crippen molar-refractivity contribution in [2.75, 3.05) is 6.26 Å². The summed E-state index contributed by atoms with van der Waals surface area (Å²) in [6, 6.07) is 3.32. The number of halogens is 1. The predicted molar refractivity (Wildman–Crippen MR) is 96.7 cm³/mol. The molecule has 0 saturated carbocycles. The molecule has 0 spiro atoms. The van der Waals surface area contributed by atoms with Gasteiger partial charge >= 0.3 is 5.97 Å². The molecule has 1 aromatic carbocycles. The van der Waals surface area contributed by atoms with Crippen LogP contribution in [0.1, 0.15) is 42.3 Å². The molecule has 5 nitrogen and oxygen atoms in total. The number of ether oxygens (including phenoxy) is 1. The van der Waals surface area contributed by atoms with Crippen molar-refractivity contribution >= 4 is 17.7 Å². The van der Waals surface area contributed by atoms with Gasteiger partial charge in [-0.15, -0.1) is 11.8 Å². The Morgan fingerprint density at radius 2 is 1.92 bits per heavy atom. The number of benzene rings is 1. The van der Waals surface area contributed by atoms with Crippen molar-refractivity contribution in [2.24, 2.45) is 0 Å². The molecule has 0 bridgehead atoms. The van der Waals surface area contributed by atoms with Crippen LogP contribution in [0.25, 0.3) is 11.4 Å². The normalized spacial score (nSPS) is 11.5. The summed E-state index contributed by atoms with van der Waals surface area (Å²) in [6.07, 6.45) is 1.69. The number of aromatic amines is 1. The highest BCUT2D eigenvalue weighted by Gasteiger charge is 2.25. The number of nitrogens with one attached hydrogen (secondary N) is 1. The van der Waals surface area contributed by atoms with Crippen LogP contribution < -0.4 is 5.56 Å². The molecule has 7 heteroatoms. The van der Waals surface area contributed by atoms with Gasteiger partial charge in [-0.05, 0) is 58.1 Å². The lowest BCUT2D eigenvalue weighted by Crippen LogP contribution is -2.29. The Morgan fingerprint density at radius 3 is 2.48 bits per heavy atom. The number of H-pyrrole nitrogens is 1. The van der Waals surface area contributed by atoms with Gasteiger partial charge in [0.1, 0.15) is 22.3 Å². The van der Waals surface area contributed by atoms with Gasteiger partial charge in [0.25, 0.3) is 5.56 Å². The van der Waals surface area contributed by atoms with Crippen molar-refractivity contribution < 1.29 is 13.9 Å². The third-order valence-electron chi connectivity index (χ3n) is 3.34. The van der Waals surface area contributed by atoms with E-state index >= 15 is 0 Å².